The van der Waals surface area contributed by atoms with Gasteiger partial charge in [0.25, 0.3) is 0 Å². The van der Waals surface area contributed by atoms with Crippen molar-refractivity contribution in [2.75, 3.05) is 11.9 Å². The predicted molar refractivity (Wildman–Crippen MR) is 95.9 cm³/mol. The minimum Gasteiger partial charge on any atom is -0.466 e. The molecule has 0 bridgehead atoms. The van der Waals surface area contributed by atoms with Crippen LogP contribution in [0.1, 0.15) is 24.9 Å². The van der Waals surface area contributed by atoms with E-state index < -0.39 is 11.0 Å². The van der Waals surface area contributed by atoms with Crippen LogP contribution in [0.2, 0.25) is 0 Å². The van der Waals surface area contributed by atoms with Crippen LogP contribution in [-0.4, -0.2) is 26.9 Å². The molecule has 0 aliphatic heterocycles. The van der Waals surface area contributed by atoms with Crippen LogP contribution in [-0.2, 0) is 9.53 Å². The number of anilines is 1. The standard InChI is InChI=1S/C18H18N4O4/c1-2-26-16(23)12-14(13-8-4-3-5-9-13)19-17-18(22(24)25)21-11-7-6-10-15(21)20-17/h3-11,14,19H,2,12H2,1H3/t14-/m1/s1. The lowest BCUT2D eigenvalue weighted by Crippen LogP contribution is -2.18. The average Bonchev–Trinajstić information content (AvgIpc) is 3.00. The number of carbonyl (C=O) groups excluding carboxylic acids is 1. The molecule has 134 valence electrons. The second-order valence-electron chi connectivity index (χ2n) is 5.59. The van der Waals surface area contributed by atoms with Gasteiger partial charge in [0.05, 0.1) is 25.3 Å². The van der Waals surface area contributed by atoms with Gasteiger partial charge in [-0.1, -0.05) is 36.4 Å². The predicted octanol–water partition coefficient (Wildman–Crippen LogP) is 3.35. The van der Waals surface area contributed by atoms with Gasteiger partial charge in [-0.2, -0.15) is 9.38 Å². The van der Waals surface area contributed by atoms with E-state index in [0.717, 1.165) is 5.56 Å². The minimum absolute atomic E-state index is 0.0306. The average molecular weight is 354 g/mol. The normalized spacial score (nSPS) is 11.9. The molecule has 2 aromatic heterocycles. The van der Waals surface area contributed by atoms with Crippen LogP contribution in [0.25, 0.3) is 5.65 Å². The maximum atomic E-state index is 12.0. The van der Waals surface area contributed by atoms with E-state index in [1.807, 2.05) is 30.3 Å². The summed E-state index contributed by atoms with van der Waals surface area (Å²) in [6.45, 7) is 2.00. The molecule has 3 rings (SSSR count). The van der Waals surface area contributed by atoms with E-state index in [4.69, 9.17) is 4.74 Å². The van der Waals surface area contributed by atoms with E-state index in [2.05, 4.69) is 10.3 Å². The van der Waals surface area contributed by atoms with Gasteiger partial charge in [0.15, 0.2) is 0 Å². The number of esters is 1. The van der Waals surface area contributed by atoms with Crippen molar-refractivity contribution < 1.29 is 14.5 Å². The first-order valence-electron chi connectivity index (χ1n) is 8.18. The van der Waals surface area contributed by atoms with Crippen LogP contribution in [0.15, 0.2) is 54.7 Å². The Hall–Kier alpha value is -3.42. The molecule has 0 unspecified atom stereocenters. The van der Waals surface area contributed by atoms with E-state index in [9.17, 15) is 14.9 Å². The second kappa shape index (κ2) is 7.64. The number of aromatic nitrogens is 2. The van der Waals surface area contributed by atoms with Gasteiger partial charge in [0, 0.05) is 6.07 Å². The van der Waals surface area contributed by atoms with Crippen molar-refractivity contribution in [3.63, 3.8) is 0 Å². The third kappa shape index (κ3) is 3.64. The van der Waals surface area contributed by atoms with Crippen LogP contribution >= 0.6 is 0 Å². The van der Waals surface area contributed by atoms with E-state index >= 15 is 0 Å². The second-order valence-corrected chi connectivity index (χ2v) is 5.59. The van der Waals surface area contributed by atoms with Crippen molar-refractivity contribution in [3.8, 4) is 0 Å². The Kier molecular flexibility index (Phi) is 5.12. The third-order valence-electron chi connectivity index (χ3n) is 3.87. The molecule has 1 N–H and O–H groups in total. The fraction of sp³-hybridized carbons (Fsp3) is 0.222. The van der Waals surface area contributed by atoms with Gasteiger partial charge >= 0.3 is 11.8 Å². The number of nitrogens with zero attached hydrogens (tertiary/aromatic N) is 3. The molecule has 1 aromatic carbocycles. The maximum Gasteiger partial charge on any atom is 0.372 e. The molecule has 0 saturated carbocycles. The van der Waals surface area contributed by atoms with Gasteiger partial charge in [0.2, 0.25) is 11.5 Å². The number of imidazole rings is 1. The van der Waals surface area contributed by atoms with Crippen LogP contribution in [0.5, 0.6) is 0 Å². The van der Waals surface area contributed by atoms with Gasteiger partial charge < -0.3 is 20.2 Å². The first-order valence-corrected chi connectivity index (χ1v) is 8.18. The molecule has 0 radical (unpaired) electrons. The molecule has 3 aromatic rings. The molecule has 0 amide bonds. The van der Waals surface area contributed by atoms with Crippen LogP contribution in [0.4, 0.5) is 11.6 Å². The summed E-state index contributed by atoms with van der Waals surface area (Å²) in [6, 6.07) is 13.9. The monoisotopic (exact) mass is 354 g/mol. The highest BCUT2D eigenvalue weighted by atomic mass is 16.6. The van der Waals surface area contributed by atoms with Gasteiger partial charge in [0.1, 0.15) is 0 Å². The number of rotatable bonds is 7. The number of pyridine rings is 1. The largest absolute Gasteiger partial charge is 0.466 e. The summed E-state index contributed by atoms with van der Waals surface area (Å²) in [5, 5.41) is 14.6. The first kappa shape index (κ1) is 17.4. The maximum absolute atomic E-state index is 12.0. The number of ether oxygens (including phenoxy) is 1. The molecule has 0 fully saturated rings. The minimum atomic E-state index is -0.501. The molecular weight excluding hydrogens is 336 g/mol. The Labute approximate surface area is 149 Å². The van der Waals surface area contributed by atoms with Crippen LogP contribution in [0.3, 0.4) is 0 Å². The summed E-state index contributed by atoms with van der Waals surface area (Å²) in [4.78, 5) is 27.4. The van der Waals surface area contributed by atoms with Gasteiger partial charge in [-0.15, -0.1) is 0 Å². The smallest absolute Gasteiger partial charge is 0.372 e. The lowest BCUT2D eigenvalue weighted by Gasteiger charge is -2.18. The number of nitrogens with one attached hydrogen (secondary N) is 1. The number of nitro groups is 1. The van der Waals surface area contributed by atoms with Crippen molar-refractivity contribution in [1.82, 2.24) is 9.38 Å². The zero-order valence-electron chi connectivity index (χ0n) is 14.2. The Morgan fingerprint density at radius 3 is 2.69 bits per heavy atom. The van der Waals surface area contributed by atoms with Crippen molar-refractivity contribution in [2.24, 2.45) is 0 Å². The van der Waals surface area contributed by atoms with E-state index in [-0.39, 0.29) is 30.6 Å². The molecule has 26 heavy (non-hydrogen) atoms. The van der Waals surface area contributed by atoms with E-state index in [1.54, 1.807) is 31.3 Å². The molecule has 0 aliphatic rings. The summed E-state index contributed by atoms with van der Waals surface area (Å²) in [5.41, 5.74) is 1.26. The number of carbonyl (C=O) groups is 1. The van der Waals surface area contributed by atoms with Crippen molar-refractivity contribution >= 4 is 23.3 Å². The Morgan fingerprint density at radius 1 is 1.27 bits per heavy atom. The van der Waals surface area contributed by atoms with Crippen LogP contribution in [0, 0.1) is 10.1 Å². The SMILES string of the molecule is CCOC(=O)C[C@@H](Nc1nc2ccccn2c1[N+](=O)[O-])c1ccccc1. The highest BCUT2D eigenvalue weighted by Crippen LogP contribution is 2.30. The number of benzene rings is 1. The van der Waals surface area contributed by atoms with Crippen molar-refractivity contribution in [3.05, 3.63) is 70.4 Å². The Balaban J connectivity index is 1.99. The molecule has 0 spiro atoms. The molecule has 1 atom stereocenters. The highest BCUT2D eigenvalue weighted by Gasteiger charge is 2.26. The molecule has 8 heteroatoms. The first-order chi connectivity index (χ1) is 12.6. The summed E-state index contributed by atoms with van der Waals surface area (Å²) in [5.74, 6) is -0.454. The number of hydrogen-bond acceptors (Lipinski definition) is 6. The number of hydrogen-bond donors (Lipinski definition) is 1. The topological polar surface area (TPSA) is 98.8 Å². The van der Waals surface area contributed by atoms with Crippen molar-refractivity contribution in [1.29, 1.82) is 0 Å². The molecule has 0 saturated heterocycles. The van der Waals surface area contributed by atoms with E-state index in [1.165, 1.54) is 4.40 Å². The Bertz CT molecular complexity index is 923. The summed E-state index contributed by atoms with van der Waals surface area (Å²) >= 11 is 0. The fourth-order valence-electron chi connectivity index (χ4n) is 2.74. The molecule has 8 nitrogen and oxygen atoms in total. The van der Waals surface area contributed by atoms with Crippen LogP contribution < -0.4 is 5.32 Å². The molecule has 0 aliphatic carbocycles. The quantitative estimate of drug-likeness (QED) is 0.397. The molecule has 2 heterocycles. The summed E-state index contributed by atoms with van der Waals surface area (Å²) in [7, 11) is 0. The summed E-state index contributed by atoms with van der Waals surface area (Å²) < 4.78 is 6.43. The zero-order valence-corrected chi connectivity index (χ0v) is 14.2. The number of fused-ring (bicyclic) bond motifs is 1. The summed E-state index contributed by atoms with van der Waals surface area (Å²) in [6.07, 6.45) is 1.61. The molecular formula is C18H18N4O4. The lowest BCUT2D eigenvalue weighted by atomic mass is 10.0. The van der Waals surface area contributed by atoms with E-state index in [0.29, 0.717) is 5.65 Å². The lowest BCUT2D eigenvalue weighted by molar-refractivity contribution is -0.389. The highest BCUT2D eigenvalue weighted by molar-refractivity contribution is 5.72. The van der Waals surface area contributed by atoms with Gasteiger partial charge in [-0.25, -0.2) is 0 Å². The Morgan fingerprint density at radius 2 is 2.00 bits per heavy atom. The third-order valence-corrected chi connectivity index (χ3v) is 3.87. The van der Waals surface area contributed by atoms with Crippen molar-refractivity contribution in [2.45, 2.75) is 19.4 Å². The van der Waals surface area contributed by atoms with Gasteiger partial charge in [-0.3, -0.25) is 4.79 Å². The zero-order chi connectivity index (χ0) is 18.5. The van der Waals surface area contributed by atoms with Gasteiger partial charge in [-0.05, 0) is 23.5 Å². The fourth-order valence-corrected chi connectivity index (χ4v) is 2.74.